The molecule has 8 heteroatoms. The maximum absolute atomic E-state index is 12.6. The summed E-state index contributed by atoms with van der Waals surface area (Å²) in [6, 6.07) is 7.26. The van der Waals surface area contributed by atoms with Crippen LogP contribution in [-0.2, 0) is 30.5 Å². The van der Waals surface area contributed by atoms with Crippen LogP contribution in [0, 0.1) is 5.92 Å². The van der Waals surface area contributed by atoms with Gasteiger partial charge in [0.1, 0.15) is 24.5 Å². The van der Waals surface area contributed by atoms with E-state index >= 15 is 0 Å². The summed E-state index contributed by atoms with van der Waals surface area (Å²) >= 11 is 0. The van der Waals surface area contributed by atoms with Gasteiger partial charge in [-0.15, -0.1) is 0 Å². The maximum atomic E-state index is 12.6. The van der Waals surface area contributed by atoms with Crippen LogP contribution in [0.15, 0.2) is 30.3 Å². The minimum absolute atomic E-state index is 0.0719. The topological polar surface area (TPSA) is 111 Å². The monoisotopic (exact) mass is 392 g/mol. The lowest BCUT2D eigenvalue weighted by molar-refractivity contribution is -0.145. The zero-order valence-electron chi connectivity index (χ0n) is 16.7. The molecule has 2 amide bonds. The van der Waals surface area contributed by atoms with E-state index in [1.807, 2.05) is 30.3 Å². The lowest BCUT2D eigenvalue weighted by atomic mass is 10.0. The van der Waals surface area contributed by atoms with Crippen LogP contribution in [0.2, 0.25) is 0 Å². The van der Waals surface area contributed by atoms with Crippen molar-refractivity contribution in [1.82, 2.24) is 10.6 Å². The molecule has 0 saturated heterocycles. The number of methoxy groups -OCH3 is 1. The first-order chi connectivity index (χ1) is 13.2. The largest absolute Gasteiger partial charge is 0.467 e. The van der Waals surface area contributed by atoms with Crippen molar-refractivity contribution >= 4 is 23.8 Å². The minimum atomic E-state index is -0.968. The number of alkyl carbamates (subject to hydrolysis) is 1. The van der Waals surface area contributed by atoms with Crippen LogP contribution in [0.4, 0.5) is 4.79 Å². The second-order valence-electron chi connectivity index (χ2n) is 6.75. The standard InChI is InChI=1S/C20H28N2O6/c1-13(2)17(22-20(26)28-12-15-8-6-5-7-9-15)18(24)21-16(19(25)27-4)11-10-14(3)23/h5-9,13,16-17H,10-12H2,1-4H3,(H,21,24)(H,22,26)/t16-,17-/m0/s1. The second-order valence-corrected chi connectivity index (χ2v) is 6.75. The molecule has 0 bridgehead atoms. The van der Waals surface area contributed by atoms with Crippen molar-refractivity contribution in [2.45, 2.75) is 52.3 Å². The van der Waals surface area contributed by atoms with E-state index < -0.39 is 30.1 Å². The summed E-state index contributed by atoms with van der Waals surface area (Å²) in [4.78, 5) is 47.7. The summed E-state index contributed by atoms with van der Waals surface area (Å²) in [7, 11) is 1.20. The van der Waals surface area contributed by atoms with E-state index in [0.717, 1.165) is 5.56 Å². The Morgan fingerprint density at radius 3 is 2.21 bits per heavy atom. The Labute approximate surface area is 165 Å². The summed E-state index contributed by atoms with van der Waals surface area (Å²) in [6.45, 7) is 4.98. The van der Waals surface area contributed by atoms with Crippen LogP contribution in [-0.4, -0.2) is 42.9 Å². The Morgan fingerprint density at radius 2 is 1.68 bits per heavy atom. The van der Waals surface area contributed by atoms with E-state index in [1.165, 1.54) is 14.0 Å². The molecular formula is C20H28N2O6. The predicted molar refractivity (Wildman–Crippen MR) is 102 cm³/mol. The molecule has 8 nitrogen and oxygen atoms in total. The van der Waals surface area contributed by atoms with Crippen molar-refractivity contribution in [1.29, 1.82) is 0 Å². The van der Waals surface area contributed by atoms with Gasteiger partial charge in [-0.05, 0) is 24.8 Å². The molecule has 2 atom stereocenters. The smallest absolute Gasteiger partial charge is 0.408 e. The van der Waals surface area contributed by atoms with Crippen molar-refractivity contribution in [3.63, 3.8) is 0 Å². The van der Waals surface area contributed by atoms with E-state index in [0.29, 0.717) is 0 Å². The summed E-state index contributed by atoms with van der Waals surface area (Å²) in [6.07, 6.45) is -0.494. The Balaban J connectivity index is 2.68. The highest BCUT2D eigenvalue weighted by molar-refractivity contribution is 5.90. The number of amides is 2. The number of carbonyl (C=O) groups is 4. The average molecular weight is 392 g/mol. The molecule has 0 aliphatic rings. The summed E-state index contributed by atoms with van der Waals surface area (Å²) < 4.78 is 9.82. The maximum Gasteiger partial charge on any atom is 0.408 e. The molecule has 0 aliphatic carbocycles. The summed E-state index contributed by atoms with van der Waals surface area (Å²) in [5, 5.41) is 5.07. The number of hydrogen-bond donors (Lipinski definition) is 2. The molecular weight excluding hydrogens is 364 g/mol. The number of ether oxygens (including phenoxy) is 2. The van der Waals surface area contributed by atoms with E-state index in [1.54, 1.807) is 13.8 Å². The molecule has 1 aromatic rings. The van der Waals surface area contributed by atoms with Gasteiger partial charge >= 0.3 is 12.1 Å². The molecule has 1 rings (SSSR count). The van der Waals surface area contributed by atoms with Gasteiger partial charge in [-0.2, -0.15) is 0 Å². The lowest BCUT2D eigenvalue weighted by Gasteiger charge is -2.24. The highest BCUT2D eigenvalue weighted by Crippen LogP contribution is 2.07. The summed E-state index contributed by atoms with van der Waals surface area (Å²) in [5.74, 6) is -1.56. The van der Waals surface area contributed by atoms with Crippen molar-refractivity contribution in [2.24, 2.45) is 5.92 Å². The molecule has 0 heterocycles. The number of ketones is 1. The van der Waals surface area contributed by atoms with Crippen molar-refractivity contribution in [3.8, 4) is 0 Å². The van der Waals surface area contributed by atoms with Gasteiger partial charge in [-0.25, -0.2) is 9.59 Å². The van der Waals surface area contributed by atoms with Crippen molar-refractivity contribution < 1.29 is 28.7 Å². The number of esters is 1. The Bertz CT molecular complexity index is 675. The molecule has 0 fully saturated rings. The van der Waals surface area contributed by atoms with Gasteiger partial charge in [-0.1, -0.05) is 44.2 Å². The number of rotatable bonds is 10. The first-order valence-corrected chi connectivity index (χ1v) is 9.09. The highest BCUT2D eigenvalue weighted by atomic mass is 16.5. The van der Waals surface area contributed by atoms with Crippen LogP contribution in [0.5, 0.6) is 0 Å². The van der Waals surface area contributed by atoms with Crippen LogP contribution in [0.25, 0.3) is 0 Å². The van der Waals surface area contributed by atoms with Crippen LogP contribution in [0.3, 0.4) is 0 Å². The molecule has 154 valence electrons. The van der Waals surface area contributed by atoms with Gasteiger partial charge in [0.05, 0.1) is 7.11 Å². The normalized spacial score (nSPS) is 12.6. The summed E-state index contributed by atoms with van der Waals surface area (Å²) in [5.41, 5.74) is 0.818. The molecule has 0 unspecified atom stereocenters. The van der Waals surface area contributed by atoms with E-state index in [4.69, 9.17) is 4.74 Å². The number of carbonyl (C=O) groups excluding carboxylic acids is 4. The van der Waals surface area contributed by atoms with E-state index in [2.05, 4.69) is 15.4 Å². The van der Waals surface area contributed by atoms with Gasteiger partial charge in [0.25, 0.3) is 0 Å². The first-order valence-electron chi connectivity index (χ1n) is 9.09. The Kier molecular flexibility index (Phi) is 9.70. The van der Waals surface area contributed by atoms with Gasteiger partial charge in [0.2, 0.25) is 5.91 Å². The minimum Gasteiger partial charge on any atom is -0.467 e. The SMILES string of the molecule is COC(=O)[C@H](CCC(C)=O)NC(=O)[C@@H](NC(=O)OCc1ccccc1)C(C)C. The molecule has 28 heavy (non-hydrogen) atoms. The molecule has 0 aliphatic heterocycles. The molecule has 0 aromatic heterocycles. The van der Waals surface area contributed by atoms with Gasteiger partial charge in [0.15, 0.2) is 0 Å². The van der Waals surface area contributed by atoms with Crippen molar-refractivity contribution in [3.05, 3.63) is 35.9 Å². The fraction of sp³-hybridized carbons (Fsp3) is 0.500. The zero-order valence-corrected chi connectivity index (χ0v) is 16.7. The fourth-order valence-electron chi connectivity index (χ4n) is 2.43. The quantitative estimate of drug-likeness (QED) is 0.589. The van der Waals surface area contributed by atoms with Crippen molar-refractivity contribution in [2.75, 3.05) is 7.11 Å². The average Bonchev–Trinajstić information content (AvgIpc) is 2.67. The predicted octanol–water partition coefficient (Wildman–Crippen LogP) is 1.96. The third-order valence-corrected chi connectivity index (χ3v) is 4.02. The molecule has 0 radical (unpaired) electrons. The number of nitrogens with one attached hydrogen (secondary N) is 2. The first kappa shape index (κ1) is 23.1. The van der Waals surface area contributed by atoms with Gasteiger partial charge in [0, 0.05) is 6.42 Å². The van der Waals surface area contributed by atoms with Gasteiger partial charge < -0.3 is 24.9 Å². The molecule has 1 aromatic carbocycles. The molecule has 0 saturated carbocycles. The Morgan fingerprint density at radius 1 is 1.04 bits per heavy atom. The molecule has 2 N–H and O–H groups in total. The second kappa shape index (κ2) is 11.7. The third-order valence-electron chi connectivity index (χ3n) is 4.02. The highest BCUT2D eigenvalue weighted by Gasteiger charge is 2.29. The zero-order chi connectivity index (χ0) is 21.1. The van der Waals surface area contributed by atoms with Crippen LogP contribution < -0.4 is 10.6 Å². The third kappa shape index (κ3) is 8.20. The lowest BCUT2D eigenvalue weighted by Crippen LogP contribution is -2.54. The Hall–Kier alpha value is -2.90. The fourth-order valence-corrected chi connectivity index (χ4v) is 2.43. The van der Waals surface area contributed by atoms with E-state index in [-0.39, 0.29) is 31.1 Å². The van der Waals surface area contributed by atoms with E-state index in [9.17, 15) is 19.2 Å². The molecule has 0 spiro atoms. The number of hydrogen-bond acceptors (Lipinski definition) is 6. The number of benzene rings is 1. The van der Waals surface area contributed by atoms with Crippen LogP contribution >= 0.6 is 0 Å². The van der Waals surface area contributed by atoms with Gasteiger partial charge in [-0.3, -0.25) is 4.79 Å². The van der Waals surface area contributed by atoms with Crippen LogP contribution in [0.1, 0.15) is 39.2 Å². The number of Topliss-reactive ketones (excluding diaryl/α,β-unsaturated/α-hetero) is 1.